The zero-order valence-electron chi connectivity index (χ0n) is 21.5. The van der Waals surface area contributed by atoms with Crippen LogP contribution in [0.5, 0.6) is 5.75 Å². The lowest BCUT2D eigenvalue weighted by Gasteiger charge is -2.20. The molecular weight excluding hydrogens is 513 g/mol. The second kappa shape index (κ2) is 9.89. The van der Waals surface area contributed by atoms with E-state index < -0.39 is 22.8 Å². The lowest BCUT2D eigenvalue weighted by atomic mass is 9.99. The molecule has 0 atom stereocenters. The van der Waals surface area contributed by atoms with E-state index in [9.17, 15) is 19.1 Å². The third kappa shape index (κ3) is 4.36. The van der Waals surface area contributed by atoms with Crippen LogP contribution in [0.15, 0.2) is 96.6 Å². The molecule has 2 aromatic heterocycles. The molecule has 7 heteroatoms. The molecule has 5 nitrogen and oxygen atoms in total. The first-order valence-electron chi connectivity index (χ1n) is 12.9. The van der Waals surface area contributed by atoms with Gasteiger partial charge in [-0.05, 0) is 72.7 Å². The van der Waals surface area contributed by atoms with Gasteiger partial charge < -0.3 is 9.52 Å². The van der Waals surface area contributed by atoms with E-state index in [-0.39, 0.29) is 15.9 Å². The summed E-state index contributed by atoms with van der Waals surface area (Å²) in [6, 6.07) is 21.4. The fourth-order valence-electron chi connectivity index (χ4n) is 5.28. The maximum absolute atomic E-state index is 14.5. The summed E-state index contributed by atoms with van der Waals surface area (Å²) in [6.07, 6.45) is 1.86. The van der Waals surface area contributed by atoms with E-state index in [0.717, 1.165) is 27.8 Å². The maximum atomic E-state index is 14.5. The molecule has 0 unspecified atom stereocenters. The number of aryl methyl sites for hydroxylation is 2. The van der Waals surface area contributed by atoms with Crippen LogP contribution in [0.4, 0.5) is 4.39 Å². The number of halogens is 1. The van der Waals surface area contributed by atoms with Crippen LogP contribution in [0.3, 0.4) is 0 Å². The molecule has 1 N–H and O–H groups in total. The molecule has 0 saturated carbocycles. The van der Waals surface area contributed by atoms with Crippen molar-refractivity contribution in [1.29, 1.82) is 0 Å². The van der Waals surface area contributed by atoms with E-state index in [4.69, 9.17) is 4.42 Å². The average Bonchev–Trinajstić information content (AvgIpc) is 3.11. The van der Waals surface area contributed by atoms with Gasteiger partial charge >= 0.3 is 5.63 Å². The molecule has 0 amide bonds. The number of benzene rings is 3. The highest BCUT2D eigenvalue weighted by Gasteiger charge is 2.29. The molecule has 3 aromatic carbocycles. The quantitative estimate of drug-likeness (QED) is 0.261. The van der Waals surface area contributed by atoms with Crippen molar-refractivity contribution in [3.63, 3.8) is 0 Å². The van der Waals surface area contributed by atoms with Gasteiger partial charge in [0.05, 0.1) is 5.69 Å². The van der Waals surface area contributed by atoms with Crippen LogP contribution in [0.25, 0.3) is 27.9 Å². The normalized spacial score (nSPS) is 12.8. The van der Waals surface area contributed by atoms with Gasteiger partial charge in [0.25, 0.3) is 5.56 Å². The molecule has 5 aromatic rings. The van der Waals surface area contributed by atoms with E-state index in [1.165, 1.54) is 16.7 Å². The zero-order chi connectivity index (χ0) is 27.3. The molecule has 0 aliphatic heterocycles. The Morgan fingerprint density at radius 2 is 1.72 bits per heavy atom. The minimum absolute atomic E-state index is 0.0449. The van der Waals surface area contributed by atoms with Crippen LogP contribution in [0.1, 0.15) is 42.9 Å². The van der Waals surface area contributed by atoms with Crippen molar-refractivity contribution >= 4 is 22.7 Å². The number of pyridine rings is 1. The Labute approximate surface area is 228 Å². The number of aromatic nitrogens is 1. The van der Waals surface area contributed by atoms with Gasteiger partial charge in [-0.15, -0.1) is 0 Å². The van der Waals surface area contributed by atoms with Crippen LogP contribution in [-0.4, -0.2) is 9.67 Å². The van der Waals surface area contributed by atoms with E-state index in [0.29, 0.717) is 47.7 Å². The van der Waals surface area contributed by atoms with Crippen molar-refractivity contribution < 1.29 is 13.9 Å². The van der Waals surface area contributed by atoms with Crippen LogP contribution < -0.4 is 11.2 Å². The zero-order valence-corrected chi connectivity index (χ0v) is 22.3. The number of nitrogens with zero attached hydrogens (tertiary/aromatic N) is 1. The second-order valence-corrected chi connectivity index (χ2v) is 11.1. The molecule has 0 bridgehead atoms. The molecule has 2 heterocycles. The monoisotopic (exact) mass is 539 g/mol. The van der Waals surface area contributed by atoms with Crippen molar-refractivity contribution in [3.8, 4) is 22.7 Å². The number of hydrogen-bond acceptors (Lipinski definition) is 5. The first-order chi connectivity index (χ1) is 18.8. The van der Waals surface area contributed by atoms with E-state index >= 15 is 0 Å². The Morgan fingerprint density at radius 3 is 2.44 bits per heavy atom. The van der Waals surface area contributed by atoms with Crippen molar-refractivity contribution in [2.75, 3.05) is 0 Å². The first kappa shape index (κ1) is 25.2. The Bertz CT molecular complexity index is 1840. The summed E-state index contributed by atoms with van der Waals surface area (Å²) in [4.78, 5) is 28.2. The van der Waals surface area contributed by atoms with E-state index in [2.05, 4.69) is 13.8 Å². The number of fused-ring (bicyclic) bond motifs is 5. The summed E-state index contributed by atoms with van der Waals surface area (Å²) in [5.41, 5.74) is 3.09. The second-order valence-electron chi connectivity index (χ2n) is 10.1. The fraction of sp³-hybridized carbons (Fsp3) is 0.188. The number of aromatic hydroxyl groups is 1. The third-order valence-electron chi connectivity index (χ3n) is 7.24. The van der Waals surface area contributed by atoms with Gasteiger partial charge in [-0.2, -0.15) is 0 Å². The van der Waals surface area contributed by atoms with E-state index in [1.54, 1.807) is 18.2 Å². The van der Waals surface area contributed by atoms with Crippen LogP contribution in [0.2, 0.25) is 0 Å². The molecular formula is C32H26FNO4S. The smallest absolute Gasteiger partial charge is 0.354 e. The van der Waals surface area contributed by atoms with Crippen LogP contribution in [-0.2, 0) is 12.8 Å². The summed E-state index contributed by atoms with van der Waals surface area (Å²) in [7, 11) is 0. The van der Waals surface area contributed by atoms with Crippen molar-refractivity contribution in [2.45, 2.75) is 48.8 Å². The number of rotatable bonds is 4. The topological polar surface area (TPSA) is 72.4 Å². The van der Waals surface area contributed by atoms with Gasteiger partial charge in [-0.1, -0.05) is 62.0 Å². The Balaban J connectivity index is 1.66. The van der Waals surface area contributed by atoms with Gasteiger partial charge in [-0.25, -0.2) is 9.18 Å². The highest BCUT2D eigenvalue weighted by Crippen LogP contribution is 2.41. The standard InChI is InChI=1S/C32H26FNO4S/c1-18(2)19-12-15-23(16-13-19)39-30-28(35)26-29(38-32(30)37)24-10-6-7-20-11-14-21(33)17-25(20)27(24)34(31(26)36)22-8-4-3-5-9-22/h3-5,8-9,11-18,35H,6-7,10H2,1-2H3. The molecule has 6 rings (SSSR count). The van der Waals surface area contributed by atoms with Gasteiger partial charge in [0.1, 0.15) is 16.1 Å². The Morgan fingerprint density at radius 1 is 0.974 bits per heavy atom. The first-order valence-corrected chi connectivity index (χ1v) is 13.7. The van der Waals surface area contributed by atoms with Gasteiger partial charge in [-0.3, -0.25) is 9.36 Å². The average molecular weight is 540 g/mol. The molecule has 0 spiro atoms. The van der Waals surface area contributed by atoms with Gasteiger partial charge in [0.2, 0.25) is 0 Å². The largest absolute Gasteiger partial charge is 0.505 e. The molecule has 0 saturated heterocycles. The Hall–Kier alpha value is -4.10. The lowest BCUT2D eigenvalue weighted by Crippen LogP contribution is -2.23. The summed E-state index contributed by atoms with van der Waals surface area (Å²) in [5, 5.41) is 11.4. The van der Waals surface area contributed by atoms with Crippen molar-refractivity contribution in [2.24, 2.45) is 0 Å². The molecule has 39 heavy (non-hydrogen) atoms. The van der Waals surface area contributed by atoms with Gasteiger partial charge in [0, 0.05) is 21.7 Å². The molecule has 0 radical (unpaired) electrons. The predicted octanol–water partition coefficient (Wildman–Crippen LogP) is 7.22. The van der Waals surface area contributed by atoms with Crippen molar-refractivity contribution in [3.05, 3.63) is 116 Å². The van der Waals surface area contributed by atoms with E-state index in [1.807, 2.05) is 42.5 Å². The summed E-state index contributed by atoms with van der Waals surface area (Å²) >= 11 is 1.06. The lowest BCUT2D eigenvalue weighted by molar-refractivity contribution is 0.445. The fourth-order valence-corrected chi connectivity index (χ4v) is 6.12. The minimum atomic E-state index is -0.722. The SMILES string of the molecule is CC(C)c1ccc(Sc2c(O)c3c(=O)n(-c4ccccc4)c4c(c3oc2=O)CCCc2ccc(F)cc2-4)cc1. The minimum Gasteiger partial charge on any atom is -0.505 e. The van der Waals surface area contributed by atoms with Crippen molar-refractivity contribution in [1.82, 2.24) is 4.57 Å². The maximum Gasteiger partial charge on any atom is 0.354 e. The highest BCUT2D eigenvalue weighted by molar-refractivity contribution is 7.99. The van der Waals surface area contributed by atoms with Crippen LogP contribution >= 0.6 is 11.8 Å². The van der Waals surface area contributed by atoms with Crippen LogP contribution in [0, 0.1) is 5.82 Å². The third-order valence-corrected chi connectivity index (χ3v) is 8.31. The summed E-state index contributed by atoms with van der Waals surface area (Å²) < 4.78 is 21.9. The Kier molecular flexibility index (Phi) is 6.39. The highest BCUT2D eigenvalue weighted by atomic mass is 32.2. The molecule has 1 aliphatic rings. The molecule has 196 valence electrons. The molecule has 1 aliphatic carbocycles. The number of hydrogen-bond donors (Lipinski definition) is 1. The van der Waals surface area contributed by atoms with Gasteiger partial charge in [0.15, 0.2) is 11.3 Å². The molecule has 0 fully saturated rings. The summed E-state index contributed by atoms with van der Waals surface area (Å²) in [5.74, 6) is -0.470. The predicted molar refractivity (Wildman–Crippen MR) is 152 cm³/mol. The summed E-state index contributed by atoms with van der Waals surface area (Å²) in [6.45, 7) is 4.19. The number of para-hydroxylation sites is 1.